The molecule has 0 aromatic carbocycles. The standard InChI is InChI=1S/C19H30N4O4Si/c1-4-25-28(26-5-2,27-6-3)15-9-11-18(19(20)24)23-14-12-17(22-23)16-10-7-8-13-21-16/h7-8,10,12-14,18H,4-6,9,11,15H2,1-3H3,(H2,20,24). The number of amides is 1. The molecule has 9 heteroatoms. The molecule has 28 heavy (non-hydrogen) atoms. The van der Waals surface area contributed by atoms with Crippen LogP contribution in [0.3, 0.4) is 0 Å². The van der Waals surface area contributed by atoms with Gasteiger partial charge in [0.25, 0.3) is 0 Å². The van der Waals surface area contributed by atoms with Gasteiger partial charge in [-0.15, -0.1) is 0 Å². The van der Waals surface area contributed by atoms with Crippen LogP contribution in [0, 0.1) is 0 Å². The number of aromatic nitrogens is 3. The number of hydrogen-bond acceptors (Lipinski definition) is 6. The van der Waals surface area contributed by atoms with E-state index >= 15 is 0 Å². The summed E-state index contributed by atoms with van der Waals surface area (Å²) in [6, 6.07) is 7.52. The number of pyridine rings is 1. The molecule has 1 atom stereocenters. The molecule has 0 bridgehead atoms. The lowest BCUT2D eigenvalue weighted by atomic mass is 10.1. The zero-order chi connectivity index (χ0) is 20.4. The second-order valence-electron chi connectivity index (χ2n) is 6.19. The van der Waals surface area contributed by atoms with Crippen LogP contribution in [0.2, 0.25) is 6.04 Å². The van der Waals surface area contributed by atoms with E-state index in [1.54, 1.807) is 17.1 Å². The number of primary amides is 1. The summed E-state index contributed by atoms with van der Waals surface area (Å²) in [5.41, 5.74) is 7.10. The Morgan fingerprint density at radius 2 is 1.79 bits per heavy atom. The molecular weight excluding hydrogens is 376 g/mol. The largest absolute Gasteiger partial charge is 0.500 e. The molecule has 2 heterocycles. The minimum Gasteiger partial charge on any atom is -0.374 e. The highest BCUT2D eigenvalue weighted by atomic mass is 28.4. The van der Waals surface area contributed by atoms with Crippen molar-refractivity contribution in [3.8, 4) is 11.4 Å². The van der Waals surface area contributed by atoms with Crippen molar-refractivity contribution >= 4 is 14.7 Å². The van der Waals surface area contributed by atoms with Crippen molar-refractivity contribution in [3.05, 3.63) is 36.7 Å². The summed E-state index contributed by atoms with van der Waals surface area (Å²) >= 11 is 0. The predicted octanol–water partition coefficient (Wildman–Crippen LogP) is 2.80. The van der Waals surface area contributed by atoms with Crippen LogP contribution >= 0.6 is 0 Å². The van der Waals surface area contributed by atoms with Crippen LogP contribution in [0.25, 0.3) is 11.4 Å². The first-order chi connectivity index (χ1) is 13.5. The second-order valence-corrected chi connectivity index (χ2v) is 8.92. The summed E-state index contributed by atoms with van der Waals surface area (Å²) in [6.45, 7) is 7.35. The van der Waals surface area contributed by atoms with Crippen molar-refractivity contribution < 1.29 is 18.1 Å². The molecule has 1 amide bonds. The number of carbonyl (C=O) groups is 1. The lowest BCUT2D eigenvalue weighted by Crippen LogP contribution is -2.46. The molecule has 2 rings (SSSR count). The molecular formula is C19H30N4O4Si. The average molecular weight is 407 g/mol. The van der Waals surface area contributed by atoms with E-state index in [0.717, 1.165) is 5.69 Å². The zero-order valence-electron chi connectivity index (χ0n) is 16.8. The molecule has 0 aliphatic heterocycles. The Hall–Kier alpha value is -2.07. The Bertz CT molecular complexity index is 709. The van der Waals surface area contributed by atoms with E-state index in [1.165, 1.54) is 0 Å². The molecule has 154 valence electrons. The average Bonchev–Trinajstić information content (AvgIpc) is 3.16. The molecule has 2 aromatic rings. The first kappa shape index (κ1) is 22.2. The van der Waals surface area contributed by atoms with Crippen molar-refractivity contribution in [2.75, 3.05) is 19.8 Å². The molecule has 0 spiro atoms. The van der Waals surface area contributed by atoms with Gasteiger partial charge in [-0.2, -0.15) is 5.10 Å². The third kappa shape index (κ3) is 5.96. The molecule has 2 N–H and O–H groups in total. The van der Waals surface area contributed by atoms with E-state index in [1.807, 2.05) is 45.0 Å². The Kier molecular flexibility index (Phi) is 8.77. The van der Waals surface area contributed by atoms with Crippen molar-refractivity contribution in [1.29, 1.82) is 0 Å². The van der Waals surface area contributed by atoms with Crippen LogP contribution in [0.4, 0.5) is 0 Å². The second kappa shape index (κ2) is 11.1. The molecule has 0 aliphatic carbocycles. The highest BCUT2D eigenvalue weighted by molar-refractivity contribution is 6.60. The van der Waals surface area contributed by atoms with E-state index in [2.05, 4.69) is 10.1 Å². The van der Waals surface area contributed by atoms with Gasteiger partial charge in [0.2, 0.25) is 5.91 Å². The van der Waals surface area contributed by atoms with Gasteiger partial charge >= 0.3 is 8.80 Å². The Balaban J connectivity index is 2.07. The van der Waals surface area contributed by atoms with Crippen LogP contribution in [0.5, 0.6) is 0 Å². The van der Waals surface area contributed by atoms with Crippen molar-refractivity contribution in [3.63, 3.8) is 0 Å². The summed E-state index contributed by atoms with van der Waals surface area (Å²) in [6.07, 6.45) is 4.68. The van der Waals surface area contributed by atoms with Crippen LogP contribution < -0.4 is 5.73 Å². The highest BCUT2D eigenvalue weighted by Crippen LogP contribution is 2.24. The Morgan fingerprint density at radius 1 is 1.11 bits per heavy atom. The molecule has 1 unspecified atom stereocenters. The Morgan fingerprint density at radius 3 is 2.32 bits per heavy atom. The maximum absolute atomic E-state index is 12.0. The quantitative estimate of drug-likeness (QED) is 0.513. The van der Waals surface area contributed by atoms with Gasteiger partial charge in [0.15, 0.2) is 0 Å². The topological polar surface area (TPSA) is 101 Å². The molecule has 8 nitrogen and oxygen atoms in total. The lowest BCUT2D eigenvalue weighted by molar-refractivity contribution is -0.121. The maximum atomic E-state index is 12.0. The number of nitrogens with zero attached hydrogens (tertiary/aromatic N) is 3. The fourth-order valence-corrected chi connectivity index (χ4v) is 5.72. The fourth-order valence-electron chi connectivity index (χ4n) is 3.08. The van der Waals surface area contributed by atoms with Crippen molar-refractivity contribution in [1.82, 2.24) is 14.8 Å². The third-order valence-corrected chi connectivity index (χ3v) is 7.39. The molecule has 0 saturated carbocycles. The molecule has 0 radical (unpaired) electrons. The van der Waals surface area contributed by atoms with Gasteiger partial charge in [-0.3, -0.25) is 14.5 Å². The smallest absolute Gasteiger partial charge is 0.374 e. The number of carbonyl (C=O) groups excluding carboxylic acids is 1. The van der Waals surface area contributed by atoms with Crippen molar-refractivity contribution in [2.24, 2.45) is 5.73 Å². The maximum Gasteiger partial charge on any atom is 0.500 e. The van der Waals surface area contributed by atoms with E-state index in [-0.39, 0.29) is 0 Å². The minimum absolute atomic E-state index is 0.424. The van der Waals surface area contributed by atoms with Crippen LogP contribution in [0.15, 0.2) is 36.7 Å². The lowest BCUT2D eigenvalue weighted by Gasteiger charge is -2.28. The molecule has 2 aromatic heterocycles. The highest BCUT2D eigenvalue weighted by Gasteiger charge is 2.40. The van der Waals surface area contributed by atoms with Gasteiger partial charge in [-0.25, -0.2) is 0 Å². The first-order valence-corrected chi connectivity index (χ1v) is 11.7. The normalized spacial score (nSPS) is 12.8. The van der Waals surface area contributed by atoms with Crippen LogP contribution in [-0.2, 0) is 18.1 Å². The molecule has 0 aliphatic rings. The van der Waals surface area contributed by atoms with Gasteiger partial charge in [0.05, 0.1) is 5.69 Å². The number of hydrogen-bond donors (Lipinski definition) is 1. The number of rotatable bonds is 13. The van der Waals surface area contributed by atoms with Gasteiger partial charge < -0.3 is 19.0 Å². The van der Waals surface area contributed by atoms with E-state index in [0.29, 0.717) is 44.4 Å². The molecule has 0 fully saturated rings. The Labute approximate surface area is 167 Å². The zero-order valence-corrected chi connectivity index (χ0v) is 17.8. The predicted molar refractivity (Wildman–Crippen MR) is 108 cm³/mol. The van der Waals surface area contributed by atoms with E-state index in [9.17, 15) is 4.79 Å². The minimum atomic E-state index is -2.74. The summed E-state index contributed by atoms with van der Waals surface area (Å²) in [5.74, 6) is -0.424. The van der Waals surface area contributed by atoms with Gasteiger partial charge in [0, 0.05) is 38.3 Å². The summed E-state index contributed by atoms with van der Waals surface area (Å²) in [7, 11) is -2.74. The van der Waals surface area contributed by atoms with Gasteiger partial charge in [-0.1, -0.05) is 6.07 Å². The fraction of sp³-hybridized carbons (Fsp3) is 0.526. The van der Waals surface area contributed by atoms with E-state index < -0.39 is 20.8 Å². The molecule has 0 saturated heterocycles. The van der Waals surface area contributed by atoms with E-state index in [4.69, 9.17) is 19.0 Å². The SMILES string of the molecule is CCO[Si](CCCC(C(N)=O)n1ccc(-c2ccccn2)n1)(OCC)OCC. The first-order valence-electron chi connectivity index (χ1n) is 9.73. The summed E-state index contributed by atoms with van der Waals surface area (Å²) in [5, 5.41) is 4.50. The number of nitrogens with two attached hydrogens (primary N) is 1. The van der Waals surface area contributed by atoms with Crippen molar-refractivity contribution in [2.45, 2.75) is 45.7 Å². The third-order valence-electron chi connectivity index (χ3n) is 4.24. The van der Waals surface area contributed by atoms with Crippen LogP contribution in [-0.4, -0.2) is 49.3 Å². The summed E-state index contributed by atoms with van der Waals surface area (Å²) in [4.78, 5) is 16.3. The monoisotopic (exact) mass is 406 g/mol. The summed E-state index contributed by atoms with van der Waals surface area (Å²) < 4.78 is 19.2. The van der Waals surface area contributed by atoms with Gasteiger partial charge in [-0.05, 0) is 51.8 Å². The van der Waals surface area contributed by atoms with Crippen LogP contribution in [0.1, 0.15) is 39.7 Å². The van der Waals surface area contributed by atoms with Gasteiger partial charge in [0.1, 0.15) is 11.7 Å².